The number of anilines is 1. The molecule has 1 amide bonds. The molecule has 8 heteroatoms. The minimum absolute atomic E-state index is 0.189. The first kappa shape index (κ1) is 19.8. The van der Waals surface area contributed by atoms with Crippen molar-refractivity contribution in [3.05, 3.63) is 29.3 Å². The molecule has 2 aromatic rings. The van der Waals surface area contributed by atoms with Crippen LogP contribution in [0.4, 0.5) is 5.82 Å². The Morgan fingerprint density at radius 3 is 2.52 bits per heavy atom. The fraction of sp³-hybridized carbons (Fsp3) is 0.619. The number of ether oxygens (including phenoxy) is 1. The van der Waals surface area contributed by atoms with Crippen LogP contribution in [0.15, 0.2) is 12.4 Å². The van der Waals surface area contributed by atoms with E-state index in [0.29, 0.717) is 39.1 Å². The van der Waals surface area contributed by atoms with Crippen molar-refractivity contribution in [1.82, 2.24) is 24.6 Å². The van der Waals surface area contributed by atoms with Gasteiger partial charge in [0.15, 0.2) is 5.82 Å². The van der Waals surface area contributed by atoms with Crippen LogP contribution in [0.2, 0.25) is 0 Å². The zero-order chi connectivity index (χ0) is 20.2. The highest BCUT2D eigenvalue weighted by atomic mass is 16.5. The molecule has 8 nitrogen and oxygen atoms in total. The zero-order valence-corrected chi connectivity index (χ0v) is 17.4. The van der Waals surface area contributed by atoms with Gasteiger partial charge in [-0.3, -0.25) is 4.79 Å². The summed E-state index contributed by atoms with van der Waals surface area (Å²) in [6, 6.07) is 2.02. The van der Waals surface area contributed by atoms with Gasteiger partial charge in [-0.05, 0) is 45.1 Å². The molecule has 4 heterocycles. The molecule has 0 atom stereocenters. The Labute approximate surface area is 171 Å². The molecule has 2 aromatic heterocycles. The Kier molecular flexibility index (Phi) is 6.08. The molecule has 0 saturated carbocycles. The van der Waals surface area contributed by atoms with Crippen molar-refractivity contribution < 1.29 is 9.53 Å². The van der Waals surface area contributed by atoms with Gasteiger partial charge in [0.25, 0.3) is 0 Å². The average molecular weight is 399 g/mol. The Balaban J connectivity index is 1.49. The van der Waals surface area contributed by atoms with Crippen molar-refractivity contribution in [2.24, 2.45) is 0 Å². The van der Waals surface area contributed by atoms with Crippen molar-refractivity contribution in [2.75, 3.05) is 44.3 Å². The van der Waals surface area contributed by atoms with Gasteiger partial charge in [-0.15, -0.1) is 0 Å². The Hall–Kier alpha value is -2.48. The van der Waals surface area contributed by atoms with Crippen molar-refractivity contribution >= 4 is 11.7 Å². The van der Waals surface area contributed by atoms with Gasteiger partial charge in [-0.1, -0.05) is 0 Å². The fourth-order valence-corrected chi connectivity index (χ4v) is 4.21. The van der Waals surface area contributed by atoms with Crippen LogP contribution in [0, 0.1) is 13.8 Å². The van der Waals surface area contributed by atoms with E-state index in [4.69, 9.17) is 9.84 Å². The second kappa shape index (κ2) is 8.90. The molecule has 29 heavy (non-hydrogen) atoms. The molecule has 2 fully saturated rings. The number of nitrogens with zero attached hydrogens (tertiary/aromatic N) is 6. The highest BCUT2D eigenvalue weighted by Crippen LogP contribution is 2.22. The summed E-state index contributed by atoms with van der Waals surface area (Å²) in [7, 11) is 0. The topological polar surface area (TPSA) is 76.4 Å². The number of amides is 1. The monoisotopic (exact) mass is 398 g/mol. The normalized spacial score (nSPS) is 17.6. The van der Waals surface area contributed by atoms with E-state index >= 15 is 0 Å². The molecule has 2 aliphatic rings. The molecule has 156 valence electrons. The average Bonchev–Trinajstić information content (AvgIpc) is 3.06. The first-order chi connectivity index (χ1) is 14.1. The summed E-state index contributed by atoms with van der Waals surface area (Å²) >= 11 is 0. The Morgan fingerprint density at radius 1 is 1.03 bits per heavy atom. The van der Waals surface area contributed by atoms with Crippen molar-refractivity contribution in [1.29, 1.82) is 0 Å². The molecule has 0 radical (unpaired) electrons. The molecular weight excluding hydrogens is 368 g/mol. The third kappa shape index (κ3) is 4.42. The van der Waals surface area contributed by atoms with Crippen molar-refractivity contribution in [2.45, 2.75) is 46.0 Å². The van der Waals surface area contributed by atoms with Crippen molar-refractivity contribution in [3.63, 3.8) is 0 Å². The van der Waals surface area contributed by atoms with Crippen LogP contribution in [0.1, 0.15) is 42.6 Å². The van der Waals surface area contributed by atoms with Gasteiger partial charge in [0, 0.05) is 44.4 Å². The minimum atomic E-state index is 0.189. The predicted octanol–water partition coefficient (Wildman–Crippen LogP) is 2.06. The van der Waals surface area contributed by atoms with E-state index in [2.05, 4.69) is 21.8 Å². The summed E-state index contributed by atoms with van der Waals surface area (Å²) in [4.78, 5) is 25.7. The van der Waals surface area contributed by atoms with Crippen LogP contribution in [0.5, 0.6) is 0 Å². The number of hydrogen-bond donors (Lipinski definition) is 0. The number of aryl methyl sites for hydroxylation is 1. The molecule has 0 aromatic carbocycles. The third-order valence-electron chi connectivity index (χ3n) is 5.93. The highest BCUT2D eigenvalue weighted by molar-refractivity contribution is 5.76. The van der Waals surface area contributed by atoms with Gasteiger partial charge in [0.1, 0.15) is 12.1 Å². The quantitative estimate of drug-likeness (QED) is 0.767. The van der Waals surface area contributed by atoms with Crippen LogP contribution in [-0.4, -0.2) is 69.9 Å². The molecular formula is C21H30N6O2. The Bertz CT molecular complexity index is 853. The number of aromatic nitrogens is 4. The molecule has 0 bridgehead atoms. The summed E-state index contributed by atoms with van der Waals surface area (Å²) in [6.07, 6.45) is 6.52. The maximum atomic E-state index is 12.5. The fourth-order valence-electron chi connectivity index (χ4n) is 4.21. The molecule has 0 aliphatic carbocycles. The van der Waals surface area contributed by atoms with E-state index in [1.807, 2.05) is 22.6 Å². The summed E-state index contributed by atoms with van der Waals surface area (Å²) in [6.45, 7) is 8.79. The van der Waals surface area contributed by atoms with Crippen molar-refractivity contribution in [3.8, 4) is 5.82 Å². The SMILES string of the molecule is Cc1nn(-c2cc(N3CCCCC3)ncn2)c(C)c1CCC(=O)N1CCOCC1. The van der Waals surface area contributed by atoms with E-state index in [1.165, 1.54) is 19.3 Å². The van der Waals surface area contributed by atoms with Gasteiger partial charge in [0.2, 0.25) is 5.91 Å². The number of carbonyl (C=O) groups is 1. The molecule has 0 spiro atoms. The van der Waals surface area contributed by atoms with E-state index in [0.717, 1.165) is 41.7 Å². The van der Waals surface area contributed by atoms with Gasteiger partial charge in [-0.2, -0.15) is 5.10 Å². The smallest absolute Gasteiger partial charge is 0.223 e. The van der Waals surface area contributed by atoms with Crippen LogP contribution in [-0.2, 0) is 16.0 Å². The minimum Gasteiger partial charge on any atom is -0.378 e. The standard InChI is InChI=1S/C21H30N6O2/c1-16-18(6-7-21(28)26-10-12-29-13-11-26)17(2)27(24-16)20-14-19(22-15-23-20)25-8-4-3-5-9-25/h14-15H,3-13H2,1-2H3. The van der Waals surface area contributed by atoms with Crippen LogP contribution < -0.4 is 4.90 Å². The van der Waals surface area contributed by atoms with Crippen LogP contribution in [0.25, 0.3) is 5.82 Å². The lowest BCUT2D eigenvalue weighted by atomic mass is 10.1. The van der Waals surface area contributed by atoms with Gasteiger partial charge < -0.3 is 14.5 Å². The van der Waals surface area contributed by atoms with Gasteiger partial charge in [0.05, 0.1) is 18.9 Å². The number of hydrogen-bond acceptors (Lipinski definition) is 6. The first-order valence-electron chi connectivity index (χ1n) is 10.6. The molecule has 0 N–H and O–H groups in total. The number of morpholine rings is 1. The lowest BCUT2D eigenvalue weighted by molar-refractivity contribution is -0.135. The molecule has 2 aliphatic heterocycles. The van der Waals surface area contributed by atoms with Crippen LogP contribution in [0.3, 0.4) is 0 Å². The first-order valence-corrected chi connectivity index (χ1v) is 10.6. The maximum Gasteiger partial charge on any atom is 0.223 e. The summed E-state index contributed by atoms with van der Waals surface area (Å²) < 4.78 is 7.22. The zero-order valence-electron chi connectivity index (χ0n) is 17.4. The largest absolute Gasteiger partial charge is 0.378 e. The molecule has 0 unspecified atom stereocenters. The van der Waals surface area contributed by atoms with Gasteiger partial charge in [-0.25, -0.2) is 14.6 Å². The summed E-state index contributed by atoms with van der Waals surface area (Å²) in [5.41, 5.74) is 3.13. The third-order valence-corrected chi connectivity index (χ3v) is 5.93. The van der Waals surface area contributed by atoms with E-state index in [9.17, 15) is 4.79 Å². The summed E-state index contributed by atoms with van der Waals surface area (Å²) in [5.74, 6) is 1.94. The summed E-state index contributed by atoms with van der Waals surface area (Å²) in [5, 5.41) is 4.72. The van der Waals surface area contributed by atoms with E-state index in [-0.39, 0.29) is 5.91 Å². The number of carbonyl (C=O) groups excluding carboxylic acids is 1. The van der Waals surface area contributed by atoms with Gasteiger partial charge >= 0.3 is 0 Å². The van der Waals surface area contributed by atoms with E-state index in [1.54, 1.807) is 6.33 Å². The number of rotatable bonds is 5. The lowest BCUT2D eigenvalue weighted by Gasteiger charge is -2.27. The Morgan fingerprint density at radius 2 is 1.76 bits per heavy atom. The lowest BCUT2D eigenvalue weighted by Crippen LogP contribution is -2.40. The van der Waals surface area contributed by atoms with E-state index < -0.39 is 0 Å². The maximum absolute atomic E-state index is 12.5. The number of piperidine rings is 1. The molecule has 4 rings (SSSR count). The predicted molar refractivity (Wildman–Crippen MR) is 110 cm³/mol. The molecule has 2 saturated heterocycles. The second-order valence-corrected chi connectivity index (χ2v) is 7.84. The highest BCUT2D eigenvalue weighted by Gasteiger charge is 2.20. The van der Waals surface area contributed by atoms with Crippen LogP contribution >= 0.6 is 0 Å². The second-order valence-electron chi connectivity index (χ2n) is 7.84.